The minimum Gasteiger partial charge on any atom is -0.472 e. The molecule has 3 rings (SSSR count). The molecule has 1 aromatic carbocycles. The monoisotopic (exact) mass is 418 g/mol. The van der Waals surface area contributed by atoms with E-state index in [1.165, 1.54) is 5.57 Å². The molecule has 2 aliphatic rings. The van der Waals surface area contributed by atoms with Gasteiger partial charge in [0, 0.05) is 24.0 Å². The van der Waals surface area contributed by atoms with Gasteiger partial charge in [0.15, 0.2) is 0 Å². The van der Waals surface area contributed by atoms with Crippen LogP contribution in [-0.2, 0) is 4.74 Å². The highest BCUT2D eigenvalue weighted by atomic mass is 16.5. The van der Waals surface area contributed by atoms with Crippen LogP contribution < -0.4 is 5.32 Å². The summed E-state index contributed by atoms with van der Waals surface area (Å²) < 4.78 is 5.97. The second kappa shape index (κ2) is 11.0. The fraction of sp³-hybridized carbons (Fsp3) is 0.423. The summed E-state index contributed by atoms with van der Waals surface area (Å²) in [4.78, 5) is 14.2. The molecule has 2 heterocycles. The van der Waals surface area contributed by atoms with Crippen molar-refractivity contribution in [2.45, 2.75) is 53.6 Å². The number of hydrogen-bond donors (Lipinski definition) is 1. The Balaban J connectivity index is 1.98. The summed E-state index contributed by atoms with van der Waals surface area (Å²) in [5.41, 5.74) is 7.76. The molecule has 0 bridgehead atoms. The van der Waals surface area contributed by atoms with Gasteiger partial charge in [-0.3, -0.25) is 9.98 Å². The third-order valence-corrected chi connectivity index (χ3v) is 5.62. The first-order valence-corrected chi connectivity index (χ1v) is 11.2. The number of hydrogen-bond acceptors (Lipinski definition) is 5. The number of allylic oxidation sites excluding steroid dienone is 2. The lowest BCUT2D eigenvalue weighted by Gasteiger charge is -2.24. The SMILES string of the molecule is CCNCC1=NC(c2cccc(C(CC)=N/C3=C(\C)CCN=CC=C3)c2)=C(C)C(C)O1. The van der Waals surface area contributed by atoms with Crippen molar-refractivity contribution in [2.75, 3.05) is 19.6 Å². The molecule has 5 heteroatoms. The van der Waals surface area contributed by atoms with Gasteiger partial charge in [0.05, 0.1) is 17.9 Å². The summed E-state index contributed by atoms with van der Waals surface area (Å²) in [5, 5.41) is 3.31. The zero-order valence-corrected chi connectivity index (χ0v) is 19.4. The van der Waals surface area contributed by atoms with Crippen molar-refractivity contribution in [3.05, 3.63) is 64.4 Å². The first kappa shape index (κ1) is 22.9. The van der Waals surface area contributed by atoms with E-state index in [1.807, 2.05) is 12.3 Å². The smallest absolute Gasteiger partial charge is 0.203 e. The van der Waals surface area contributed by atoms with Crippen LogP contribution in [0.3, 0.4) is 0 Å². The summed E-state index contributed by atoms with van der Waals surface area (Å²) in [6.45, 7) is 12.9. The molecule has 1 unspecified atom stereocenters. The Kier molecular flexibility index (Phi) is 8.13. The maximum absolute atomic E-state index is 5.97. The molecule has 5 nitrogen and oxygen atoms in total. The summed E-state index contributed by atoms with van der Waals surface area (Å²) >= 11 is 0. The fourth-order valence-electron chi connectivity index (χ4n) is 3.57. The summed E-state index contributed by atoms with van der Waals surface area (Å²) in [5.74, 6) is 0.742. The zero-order valence-electron chi connectivity index (χ0n) is 19.4. The Bertz CT molecular complexity index is 979. The number of nitrogens with one attached hydrogen (secondary N) is 1. The molecule has 0 fully saturated rings. The van der Waals surface area contributed by atoms with Crippen LogP contribution in [0.5, 0.6) is 0 Å². The molecular formula is C26H34N4O. The second-order valence-electron chi connectivity index (χ2n) is 7.90. The Labute approximate surface area is 186 Å². The maximum Gasteiger partial charge on any atom is 0.203 e. The highest BCUT2D eigenvalue weighted by molar-refractivity contribution is 6.02. The normalized spacial score (nSPS) is 22.2. The van der Waals surface area contributed by atoms with E-state index in [1.54, 1.807) is 0 Å². The second-order valence-corrected chi connectivity index (χ2v) is 7.90. The molecule has 31 heavy (non-hydrogen) atoms. The van der Waals surface area contributed by atoms with Crippen molar-refractivity contribution >= 4 is 23.5 Å². The van der Waals surface area contributed by atoms with Gasteiger partial charge >= 0.3 is 0 Å². The highest BCUT2D eigenvalue weighted by Gasteiger charge is 2.21. The van der Waals surface area contributed by atoms with E-state index >= 15 is 0 Å². The predicted octanol–water partition coefficient (Wildman–Crippen LogP) is 5.35. The molecule has 1 atom stereocenters. The van der Waals surface area contributed by atoms with Gasteiger partial charge in [-0.2, -0.15) is 0 Å². The first-order chi connectivity index (χ1) is 15.0. The fourth-order valence-corrected chi connectivity index (χ4v) is 3.57. The lowest BCUT2D eigenvalue weighted by molar-refractivity contribution is 0.233. The average Bonchev–Trinajstić information content (AvgIpc) is 2.77. The van der Waals surface area contributed by atoms with Crippen LogP contribution in [0.4, 0.5) is 0 Å². The molecule has 0 aliphatic carbocycles. The van der Waals surface area contributed by atoms with Crippen LogP contribution in [0.15, 0.2) is 68.2 Å². The van der Waals surface area contributed by atoms with Crippen LogP contribution in [0.1, 0.15) is 58.6 Å². The van der Waals surface area contributed by atoms with E-state index in [9.17, 15) is 0 Å². The number of rotatable bonds is 7. The lowest BCUT2D eigenvalue weighted by Crippen LogP contribution is -2.30. The Hall–Kier alpha value is -2.79. The van der Waals surface area contributed by atoms with Crippen LogP contribution in [0, 0.1) is 0 Å². The van der Waals surface area contributed by atoms with Crippen molar-refractivity contribution in [3.8, 4) is 0 Å². The largest absolute Gasteiger partial charge is 0.472 e. The topological polar surface area (TPSA) is 58.3 Å². The number of benzene rings is 1. The summed E-state index contributed by atoms with van der Waals surface area (Å²) in [7, 11) is 0. The number of ether oxygens (including phenoxy) is 1. The Morgan fingerprint density at radius 3 is 2.87 bits per heavy atom. The highest BCUT2D eigenvalue weighted by Crippen LogP contribution is 2.28. The average molecular weight is 419 g/mol. The van der Waals surface area contributed by atoms with Gasteiger partial charge in [0.25, 0.3) is 0 Å². The van der Waals surface area contributed by atoms with Gasteiger partial charge in [-0.1, -0.05) is 32.0 Å². The molecule has 0 saturated carbocycles. The van der Waals surface area contributed by atoms with Crippen LogP contribution in [-0.4, -0.2) is 43.6 Å². The van der Waals surface area contributed by atoms with E-state index in [-0.39, 0.29) is 6.10 Å². The summed E-state index contributed by atoms with van der Waals surface area (Å²) in [6.07, 6.45) is 7.70. The van der Waals surface area contributed by atoms with E-state index in [0.717, 1.165) is 65.6 Å². The van der Waals surface area contributed by atoms with Gasteiger partial charge in [-0.15, -0.1) is 0 Å². The third-order valence-electron chi connectivity index (χ3n) is 5.62. The van der Waals surface area contributed by atoms with Gasteiger partial charge in [-0.25, -0.2) is 4.99 Å². The lowest BCUT2D eigenvalue weighted by atomic mass is 9.99. The molecular weight excluding hydrogens is 384 g/mol. The van der Waals surface area contributed by atoms with E-state index in [2.05, 4.69) is 75.3 Å². The van der Waals surface area contributed by atoms with Crippen LogP contribution in [0.25, 0.3) is 5.70 Å². The van der Waals surface area contributed by atoms with Crippen molar-refractivity contribution in [1.82, 2.24) is 5.32 Å². The van der Waals surface area contributed by atoms with E-state index in [0.29, 0.717) is 6.54 Å². The zero-order chi connectivity index (χ0) is 22.2. The van der Waals surface area contributed by atoms with Gasteiger partial charge in [-0.05, 0) is 75.1 Å². The van der Waals surface area contributed by atoms with Crippen LogP contribution >= 0.6 is 0 Å². The van der Waals surface area contributed by atoms with Crippen molar-refractivity contribution in [2.24, 2.45) is 15.0 Å². The number of aliphatic imine (C=N–C) groups is 3. The predicted molar refractivity (Wildman–Crippen MR) is 132 cm³/mol. The van der Waals surface area contributed by atoms with Gasteiger partial charge in [0.2, 0.25) is 5.90 Å². The number of likely N-dealkylation sites (N-methyl/N-ethyl adjacent to an activating group) is 1. The standard InChI is InChI=1S/C26H34N4O/c1-6-23(29-24-12-9-14-28-15-13-18(24)3)21-10-8-11-22(16-21)26-19(4)20(5)31-25(30-26)17-27-7-2/h8-12,14,16,20,27H,6-7,13,15,17H2,1-5H3/b12-9?,24-18+,28-14?,29-23?. The minimum atomic E-state index is 0.0126. The molecule has 0 saturated heterocycles. The quantitative estimate of drug-likeness (QED) is 0.607. The molecule has 164 valence electrons. The third kappa shape index (κ3) is 5.88. The Morgan fingerprint density at radius 2 is 2.10 bits per heavy atom. The molecule has 0 amide bonds. The molecule has 1 N–H and O–H groups in total. The van der Waals surface area contributed by atoms with Gasteiger partial charge < -0.3 is 10.1 Å². The Morgan fingerprint density at radius 1 is 1.26 bits per heavy atom. The van der Waals surface area contributed by atoms with Gasteiger partial charge in [0.1, 0.15) is 6.10 Å². The molecule has 0 spiro atoms. The molecule has 0 aromatic heterocycles. The van der Waals surface area contributed by atoms with Crippen molar-refractivity contribution in [1.29, 1.82) is 0 Å². The summed E-state index contributed by atoms with van der Waals surface area (Å²) in [6, 6.07) is 8.56. The molecule has 1 aromatic rings. The molecule has 0 radical (unpaired) electrons. The van der Waals surface area contributed by atoms with Crippen LogP contribution in [0.2, 0.25) is 0 Å². The molecule has 2 aliphatic heterocycles. The number of nitrogens with zero attached hydrogens (tertiary/aromatic N) is 3. The minimum absolute atomic E-state index is 0.0126. The van der Waals surface area contributed by atoms with Crippen molar-refractivity contribution in [3.63, 3.8) is 0 Å². The maximum atomic E-state index is 5.97. The first-order valence-electron chi connectivity index (χ1n) is 11.2. The van der Waals surface area contributed by atoms with E-state index < -0.39 is 0 Å². The van der Waals surface area contributed by atoms with E-state index in [4.69, 9.17) is 14.7 Å². The van der Waals surface area contributed by atoms with Crippen molar-refractivity contribution < 1.29 is 4.74 Å².